The number of carbonyl (C=O) groups is 2. The number of Topliss-reactive ketones (excluding diaryl/α,β-unsaturated/α-hetero) is 1. The third-order valence-corrected chi connectivity index (χ3v) is 5.58. The highest BCUT2D eigenvalue weighted by molar-refractivity contribution is 7.89. The van der Waals surface area contributed by atoms with E-state index < -0.39 is 28.4 Å². The van der Waals surface area contributed by atoms with Gasteiger partial charge in [0.1, 0.15) is 0 Å². The number of nitrogens with one attached hydrogen (secondary N) is 1. The molecule has 1 N–H and O–H groups in total. The van der Waals surface area contributed by atoms with Crippen LogP contribution in [0.2, 0.25) is 10.0 Å². The Bertz CT molecular complexity index is 956. The molecular formula is C18H17Cl2NO5S. The minimum absolute atomic E-state index is 0.0248. The lowest BCUT2D eigenvalue weighted by Crippen LogP contribution is -2.30. The maximum Gasteiger partial charge on any atom is 0.338 e. The zero-order valence-corrected chi connectivity index (χ0v) is 16.9. The van der Waals surface area contributed by atoms with Crippen molar-refractivity contribution in [2.45, 2.75) is 24.8 Å². The first-order valence-electron chi connectivity index (χ1n) is 7.88. The van der Waals surface area contributed by atoms with Crippen LogP contribution in [0, 0.1) is 0 Å². The monoisotopic (exact) mass is 429 g/mol. The van der Waals surface area contributed by atoms with Crippen LogP contribution in [0.5, 0.6) is 0 Å². The first-order chi connectivity index (χ1) is 12.6. The Morgan fingerprint density at radius 3 is 2.26 bits per heavy atom. The summed E-state index contributed by atoms with van der Waals surface area (Å²) in [6, 6.07) is 9.33. The lowest BCUT2D eigenvalue weighted by molar-refractivity contribution is 0.0474. The van der Waals surface area contributed by atoms with Crippen LogP contribution in [0.25, 0.3) is 0 Å². The summed E-state index contributed by atoms with van der Waals surface area (Å²) in [6.07, 6.45) is 0. The van der Waals surface area contributed by atoms with Gasteiger partial charge in [0, 0.05) is 16.6 Å². The van der Waals surface area contributed by atoms with E-state index in [0.29, 0.717) is 5.02 Å². The van der Waals surface area contributed by atoms with Crippen molar-refractivity contribution in [3.63, 3.8) is 0 Å². The number of carbonyl (C=O) groups excluding carboxylic acids is 2. The van der Waals surface area contributed by atoms with E-state index in [9.17, 15) is 18.0 Å². The third-order valence-electron chi connectivity index (χ3n) is 3.36. The van der Waals surface area contributed by atoms with Crippen LogP contribution in [0.15, 0.2) is 47.4 Å². The molecule has 0 atom stereocenters. The Hall–Kier alpha value is -1.93. The number of halogens is 2. The fraction of sp³-hybridized carbons (Fsp3) is 0.222. The van der Waals surface area contributed by atoms with Crippen molar-refractivity contribution in [1.82, 2.24) is 4.72 Å². The molecule has 0 heterocycles. The molecule has 0 spiro atoms. The van der Waals surface area contributed by atoms with E-state index in [1.165, 1.54) is 42.5 Å². The van der Waals surface area contributed by atoms with Crippen LogP contribution in [0.3, 0.4) is 0 Å². The summed E-state index contributed by atoms with van der Waals surface area (Å²) < 4.78 is 31.5. The summed E-state index contributed by atoms with van der Waals surface area (Å²) in [7, 11) is -3.65. The molecule has 144 valence electrons. The van der Waals surface area contributed by atoms with Gasteiger partial charge in [0.2, 0.25) is 15.8 Å². The Labute approximate surface area is 167 Å². The standard InChI is InChI=1S/C18H17Cl2NO5S/c1-11(2)21-27(24,25)14-6-3-12(4-7-14)18(23)26-10-17(22)15-8-5-13(19)9-16(15)20/h3-9,11,21H,10H2,1-2H3. The second-order valence-electron chi connectivity index (χ2n) is 5.92. The molecule has 0 saturated carbocycles. The van der Waals surface area contributed by atoms with Gasteiger partial charge in [-0.25, -0.2) is 17.9 Å². The fourth-order valence-corrected chi connectivity index (χ4v) is 3.92. The van der Waals surface area contributed by atoms with Crippen LogP contribution in [0.1, 0.15) is 34.6 Å². The fourth-order valence-electron chi connectivity index (χ4n) is 2.16. The maximum absolute atomic E-state index is 12.1. The smallest absolute Gasteiger partial charge is 0.338 e. The van der Waals surface area contributed by atoms with E-state index in [2.05, 4.69) is 4.72 Å². The highest BCUT2D eigenvalue weighted by Crippen LogP contribution is 2.21. The lowest BCUT2D eigenvalue weighted by atomic mass is 10.1. The van der Waals surface area contributed by atoms with Gasteiger partial charge in [-0.15, -0.1) is 0 Å². The molecule has 2 aromatic carbocycles. The minimum atomic E-state index is -3.65. The number of ether oxygens (including phenoxy) is 1. The third kappa shape index (κ3) is 5.77. The number of rotatable bonds is 7. The topological polar surface area (TPSA) is 89.5 Å². The molecule has 0 saturated heterocycles. The molecule has 0 aliphatic carbocycles. The average molecular weight is 430 g/mol. The second kappa shape index (κ2) is 8.84. The summed E-state index contributed by atoms with van der Waals surface area (Å²) in [5, 5.41) is 0.548. The quantitative estimate of drug-likeness (QED) is 0.534. The summed E-state index contributed by atoms with van der Waals surface area (Å²) >= 11 is 11.7. The Kier molecular flexibility index (Phi) is 7.00. The first kappa shape index (κ1) is 21.4. The highest BCUT2D eigenvalue weighted by atomic mass is 35.5. The van der Waals surface area contributed by atoms with Crippen molar-refractivity contribution >= 4 is 45.0 Å². The molecule has 6 nitrogen and oxygen atoms in total. The predicted molar refractivity (Wildman–Crippen MR) is 103 cm³/mol. The number of hydrogen-bond donors (Lipinski definition) is 1. The first-order valence-corrected chi connectivity index (χ1v) is 10.1. The summed E-state index contributed by atoms with van der Waals surface area (Å²) in [5.74, 6) is -1.24. The number of hydrogen-bond acceptors (Lipinski definition) is 5. The van der Waals surface area contributed by atoms with Gasteiger partial charge < -0.3 is 4.74 Å². The summed E-state index contributed by atoms with van der Waals surface area (Å²) in [4.78, 5) is 24.2. The Morgan fingerprint density at radius 1 is 1.07 bits per heavy atom. The van der Waals surface area contributed by atoms with E-state index in [0.717, 1.165) is 0 Å². The average Bonchev–Trinajstić information content (AvgIpc) is 2.58. The van der Waals surface area contributed by atoms with Gasteiger partial charge in [-0.1, -0.05) is 23.2 Å². The largest absolute Gasteiger partial charge is 0.454 e. The summed E-state index contributed by atoms with van der Waals surface area (Å²) in [6.45, 7) is 2.90. The zero-order valence-electron chi connectivity index (χ0n) is 14.5. The lowest BCUT2D eigenvalue weighted by Gasteiger charge is -2.10. The normalized spacial score (nSPS) is 11.4. The van der Waals surface area contributed by atoms with Crippen molar-refractivity contribution in [2.75, 3.05) is 6.61 Å². The Balaban J connectivity index is 2.03. The van der Waals surface area contributed by atoms with Gasteiger partial charge in [0.25, 0.3) is 0 Å². The predicted octanol–water partition coefficient (Wildman–Crippen LogP) is 3.72. The van der Waals surface area contributed by atoms with Gasteiger partial charge in [-0.2, -0.15) is 0 Å². The molecule has 0 amide bonds. The minimum Gasteiger partial charge on any atom is -0.454 e. The molecule has 0 aliphatic heterocycles. The van der Waals surface area contributed by atoms with E-state index in [1.807, 2.05) is 0 Å². The van der Waals surface area contributed by atoms with Crippen molar-refractivity contribution in [1.29, 1.82) is 0 Å². The van der Waals surface area contributed by atoms with Gasteiger partial charge in [0.05, 0.1) is 15.5 Å². The Morgan fingerprint density at radius 2 is 1.70 bits per heavy atom. The van der Waals surface area contributed by atoms with Crippen molar-refractivity contribution < 1.29 is 22.7 Å². The molecule has 0 aromatic heterocycles. The van der Waals surface area contributed by atoms with E-state index in [4.69, 9.17) is 27.9 Å². The second-order valence-corrected chi connectivity index (χ2v) is 8.48. The van der Waals surface area contributed by atoms with Gasteiger partial charge >= 0.3 is 5.97 Å². The van der Waals surface area contributed by atoms with Crippen LogP contribution in [0.4, 0.5) is 0 Å². The molecular weight excluding hydrogens is 413 g/mol. The zero-order chi connectivity index (χ0) is 20.2. The SMILES string of the molecule is CC(C)NS(=O)(=O)c1ccc(C(=O)OCC(=O)c2ccc(Cl)cc2Cl)cc1. The molecule has 27 heavy (non-hydrogen) atoms. The maximum atomic E-state index is 12.1. The van der Waals surface area contributed by atoms with Crippen LogP contribution >= 0.6 is 23.2 Å². The molecule has 9 heteroatoms. The van der Waals surface area contributed by atoms with Crippen LogP contribution in [-0.2, 0) is 14.8 Å². The van der Waals surface area contributed by atoms with E-state index in [1.54, 1.807) is 13.8 Å². The molecule has 2 aromatic rings. The van der Waals surface area contributed by atoms with E-state index in [-0.39, 0.29) is 27.1 Å². The van der Waals surface area contributed by atoms with Crippen LogP contribution < -0.4 is 4.72 Å². The van der Waals surface area contributed by atoms with Crippen LogP contribution in [-0.4, -0.2) is 32.8 Å². The van der Waals surface area contributed by atoms with E-state index >= 15 is 0 Å². The molecule has 0 unspecified atom stereocenters. The van der Waals surface area contributed by atoms with Crippen molar-refractivity contribution in [2.24, 2.45) is 0 Å². The van der Waals surface area contributed by atoms with Crippen molar-refractivity contribution in [3.05, 3.63) is 63.6 Å². The van der Waals surface area contributed by atoms with Gasteiger partial charge in [-0.05, 0) is 56.3 Å². The summed E-state index contributed by atoms with van der Waals surface area (Å²) in [5.41, 5.74) is 0.309. The number of ketones is 1. The molecule has 0 aliphatic rings. The van der Waals surface area contributed by atoms with Gasteiger partial charge in [0.15, 0.2) is 6.61 Å². The molecule has 0 radical (unpaired) electrons. The molecule has 0 bridgehead atoms. The molecule has 2 rings (SSSR count). The highest BCUT2D eigenvalue weighted by Gasteiger charge is 2.18. The number of benzene rings is 2. The number of esters is 1. The number of sulfonamides is 1. The molecule has 0 fully saturated rings. The van der Waals surface area contributed by atoms with Crippen molar-refractivity contribution in [3.8, 4) is 0 Å². The van der Waals surface area contributed by atoms with Gasteiger partial charge in [-0.3, -0.25) is 4.79 Å².